The van der Waals surface area contributed by atoms with Gasteiger partial charge in [-0.3, -0.25) is 4.98 Å². The van der Waals surface area contributed by atoms with Crippen molar-refractivity contribution in [1.29, 1.82) is 0 Å². The van der Waals surface area contributed by atoms with Crippen LogP contribution in [-0.2, 0) is 5.41 Å². The SMILES string of the molecule is COc1cc(N(C)CCN(C)C)c(N)cc1Nc1ncnc(N2CC(C)(C)c3nc(-c4ccccc4)ccc32)n1. The lowest BCUT2D eigenvalue weighted by Crippen LogP contribution is -2.29. The average Bonchev–Trinajstić information content (AvgIpc) is 3.22. The van der Waals surface area contributed by atoms with E-state index in [2.05, 4.69) is 62.0 Å². The summed E-state index contributed by atoms with van der Waals surface area (Å²) in [6.45, 7) is 6.82. The Balaban J connectivity index is 1.41. The molecule has 1 aliphatic heterocycles. The molecule has 0 bridgehead atoms. The molecule has 3 heterocycles. The number of anilines is 6. The Morgan fingerprint density at radius 3 is 2.50 bits per heavy atom. The van der Waals surface area contributed by atoms with E-state index in [-0.39, 0.29) is 5.41 Å². The first-order chi connectivity index (χ1) is 19.2. The van der Waals surface area contributed by atoms with Crippen LogP contribution in [0.3, 0.4) is 0 Å². The Morgan fingerprint density at radius 1 is 1.00 bits per heavy atom. The lowest BCUT2D eigenvalue weighted by molar-refractivity contribution is 0.413. The summed E-state index contributed by atoms with van der Waals surface area (Å²) in [6, 6.07) is 18.2. The molecule has 2 aromatic heterocycles. The van der Waals surface area contributed by atoms with E-state index in [9.17, 15) is 0 Å². The molecule has 0 amide bonds. The summed E-state index contributed by atoms with van der Waals surface area (Å²) in [5.74, 6) is 1.59. The van der Waals surface area contributed by atoms with Crippen molar-refractivity contribution < 1.29 is 4.74 Å². The smallest absolute Gasteiger partial charge is 0.234 e. The maximum Gasteiger partial charge on any atom is 0.234 e. The quantitative estimate of drug-likeness (QED) is 0.291. The highest BCUT2D eigenvalue weighted by Crippen LogP contribution is 2.43. The Labute approximate surface area is 235 Å². The van der Waals surface area contributed by atoms with Crippen LogP contribution >= 0.6 is 0 Å². The molecule has 10 heteroatoms. The number of benzene rings is 2. The summed E-state index contributed by atoms with van der Waals surface area (Å²) in [5.41, 5.74) is 12.5. The van der Waals surface area contributed by atoms with E-state index in [4.69, 9.17) is 20.4 Å². The maximum absolute atomic E-state index is 6.45. The van der Waals surface area contributed by atoms with Gasteiger partial charge in [-0.1, -0.05) is 44.2 Å². The fourth-order valence-corrected chi connectivity index (χ4v) is 4.92. The molecule has 0 spiro atoms. The summed E-state index contributed by atoms with van der Waals surface area (Å²) >= 11 is 0. The fraction of sp³-hybridized carbons (Fsp3) is 0.333. The van der Waals surface area contributed by atoms with E-state index in [0.717, 1.165) is 41.4 Å². The van der Waals surface area contributed by atoms with Crippen LogP contribution in [-0.4, -0.2) is 72.7 Å². The molecule has 3 N–H and O–H groups in total. The zero-order chi connectivity index (χ0) is 28.4. The Bertz CT molecular complexity index is 1490. The van der Waals surface area contributed by atoms with Crippen LogP contribution in [0.15, 0.2) is 60.9 Å². The van der Waals surface area contributed by atoms with Gasteiger partial charge in [0.05, 0.1) is 41.2 Å². The number of fused-ring (bicyclic) bond motifs is 1. The number of methoxy groups -OCH3 is 1. The van der Waals surface area contributed by atoms with Gasteiger partial charge in [0.1, 0.15) is 12.1 Å². The molecule has 0 unspecified atom stereocenters. The van der Waals surface area contributed by atoms with Gasteiger partial charge < -0.3 is 30.5 Å². The van der Waals surface area contributed by atoms with Crippen molar-refractivity contribution in [3.8, 4) is 17.0 Å². The topological polar surface area (TPSA) is 109 Å². The van der Waals surface area contributed by atoms with Gasteiger partial charge in [-0.05, 0) is 32.3 Å². The molecule has 2 aromatic carbocycles. The van der Waals surface area contributed by atoms with Gasteiger partial charge in [-0.15, -0.1) is 0 Å². The number of nitrogens with zero attached hydrogens (tertiary/aromatic N) is 7. The van der Waals surface area contributed by atoms with Crippen LogP contribution in [0, 0.1) is 0 Å². The molecular formula is C30H37N9O. The number of likely N-dealkylation sites (N-methyl/N-ethyl adjacent to an activating group) is 2. The lowest BCUT2D eigenvalue weighted by atomic mass is 9.91. The van der Waals surface area contributed by atoms with Crippen molar-refractivity contribution in [3.05, 3.63) is 66.6 Å². The van der Waals surface area contributed by atoms with Crippen molar-refractivity contribution in [2.75, 3.05) is 68.7 Å². The average molecular weight is 540 g/mol. The van der Waals surface area contributed by atoms with Gasteiger partial charge in [0.2, 0.25) is 11.9 Å². The number of hydrogen-bond donors (Lipinski definition) is 2. The number of nitrogen functional groups attached to an aromatic ring is 1. The first-order valence-electron chi connectivity index (χ1n) is 13.3. The predicted molar refractivity (Wildman–Crippen MR) is 162 cm³/mol. The Morgan fingerprint density at radius 2 is 1.77 bits per heavy atom. The van der Waals surface area contributed by atoms with Gasteiger partial charge in [0.15, 0.2) is 0 Å². The summed E-state index contributed by atoms with van der Waals surface area (Å²) in [6.07, 6.45) is 1.51. The minimum Gasteiger partial charge on any atom is -0.494 e. The fourth-order valence-electron chi connectivity index (χ4n) is 4.92. The second kappa shape index (κ2) is 11.0. The van der Waals surface area contributed by atoms with Gasteiger partial charge in [-0.2, -0.15) is 4.98 Å². The molecule has 0 fully saturated rings. The highest BCUT2D eigenvalue weighted by atomic mass is 16.5. The summed E-state index contributed by atoms with van der Waals surface area (Å²) in [5, 5.41) is 3.28. The number of nitrogens with one attached hydrogen (secondary N) is 1. The van der Waals surface area contributed by atoms with Crippen LogP contribution in [0.25, 0.3) is 11.3 Å². The van der Waals surface area contributed by atoms with E-state index >= 15 is 0 Å². The Hall–Kier alpha value is -4.44. The van der Waals surface area contributed by atoms with Crippen molar-refractivity contribution >= 4 is 34.6 Å². The number of pyridine rings is 1. The van der Waals surface area contributed by atoms with E-state index in [1.165, 1.54) is 6.33 Å². The largest absolute Gasteiger partial charge is 0.494 e. The molecule has 40 heavy (non-hydrogen) atoms. The second-order valence-corrected chi connectivity index (χ2v) is 11.0. The van der Waals surface area contributed by atoms with Crippen LogP contribution < -0.4 is 25.6 Å². The lowest BCUT2D eigenvalue weighted by Gasteiger charge is -2.24. The van der Waals surface area contributed by atoms with Crippen molar-refractivity contribution in [2.45, 2.75) is 19.3 Å². The molecule has 10 nitrogen and oxygen atoms in total. The zero-order valence-electron chi connectivity index (χ0n) is 24.0. The zero-order valence-corrected chi connectivity index (χ0v) is 24.0. The molecule has 0 aliphatic carbocycles. The number of nitrogens with two attached hydrogens (primary N) is 1. The van der Waals surface area contributed by atoms with Crippen molar-refractivity contribution in [3.63, 3.8) is 0 Å². The predicted octanol–water partition coefficient (Wildman–Crippen LogP) is 4.70. The standard InChI is InChI=1S/C30H37N9O/c1-30(2)18-39(24-13-12-22(34-27(24)30)20-10-8-7-9-11-20)29-33-19-32-28(36-29)35-23-16-21(31)25(17-26(23)40-6)38(5)15-14-37(3)4/h7-13,16-17,19H,14-15,18,31H2,1-6H3,(H,32,33,35,36). The molecule has 0 atom stereocenters. The number of aromatic nitrogens is 4. The third-order valence-electron chi connectivity index (χ3n) is 7.12. The van der Waals surface area contributed by atoms with Crippen molar-refractivity contribution in [2.24, 2.45) is 0 Å². The summed E-state index contributed by atoms with van der Waals surface area (Å²) in [7, 11) is 7.76. The van der Waals surface area contributed by atoms with E-state index in [1.807, 2.05) is 57.5 Å². The van der Waals surface area contributed by atoms with Crippen LogP contribution in [0.2, 0.25) is 0 Å². The van der Waals surface area contributed by atoms with Crippen molar-refractivity contribution in [1.82, 2.24) is 24.8 Å². The monoisotopic (exact) mass is 539 g/mol. The number of ether oxygens (including phenoxy) is 1. The van der Waals surface area contributed by atoms with Gasteiger partial charge >= 0.3 is 0 Å². The molecule has 208 valence electrons. The molecule has 0 radical (unpaired) electrons. The van der Waals surface area contributed by atoms with E-state index in [0.29, 0.717) is 35.6 Å². The normalized spacial score (nSPS) is 13.8. The second-order valence-electron chi connectivity index (χ2n) is 11.0. The highest BCUT2D eigenvalue weighted by Gasteiger charge is 2.39. The number of hydrogen-bond acceptors (Lipinski definition) is 10. The molecular weight excluding hydrogens is 502 g/mol. The summed E-state index contributed by atoms with van der Waals surface area (Å²) in [4.78, 5) is 25.0. The minimum absolute atomic E-state index is 0.188. The minimum atomic E-state index is -0.188. The van der Waals surface area contributed by atoms with Gasteiger partial charge in [0, 0.05) is 43.7 Å². The van der Waals surface area contributed by atoms with Crippen LogP contribution in [0.5, 0.6) is 5.75 Å². The third kappa shape index (κ3) is 5.48. The van der Waals surface area contributed by atoms with Gasteiger partial charge in [0.25, 0.3) is 0 Å². The molecule has 1 aliphatic rings. The van der Waals surface area contributed by atoms with E-state index < -0.39 is 0 Å². The summed E-state index contributed by atoms with van der Waals surface area (Å²) < 4.78 is 5.70. The first-order valence-corrected chi connectivity index (χ1v) is 13.3. The Kier molecular flexibility index (Phi) is 7.44. The molecule has 5 rings (SSSR count). The number of rotatable bonds is 9. The highest BCUT2D eigenvalue weighted by molar-refractivity contribution is 5.79. The third-order valence-corrected chi connectivity index (χ3v) is 7.12. The first kappa shape index (κ1) is 27.1. The molecule has 0 saturated heterocycles. The molecule has 4 aromatic rings. The maximum atomic E-state index is 6.45. The van der Waals surface area contributed by atoms with Gasteiger partial charge in [-0.25, -0.2) is 9.97 Å². The van der Waals surface area contributed by atoms with E-state index in [1.54, 1.807) is 7.11 Å². The molecule has 0 saturated carbocycles. The van der Waals surface area contributed by atoms with Crippen LogP contribution in [0.4, 0.5) is 34.6 Å². The van der Waals surface area contributed by atoms with Crippen LogP contribution in [0.1, 0.15) is 19.5 Å².